The van der Waals surface area contributed by atoms with Gasteiger partial charge in [-0.3, -0.25) is 5.32 Å². The summed E-state index contributed by atoms with van der Waals surface area (Å²) in [4.78, 5) is 12.0. The summed E-state index contributed by atoms with van der Waals surface area (Å²) in [5.41, 5.74) is 0.604. The second kappa shape index (κ2) is 6.26. The molecule has 3 aromatic carbocycles. The number of hydrogen-bond donors (Lipinski definition) is 1. The molecular formula is C17H11Cl2NO2. The number of rotatable bonds is 2. The van der Waals surface area contributed by atoms with E-state index in [-0.39, 0.29) is 0 Å². The Morgan fingerprint density at radius 2 is 1.55 bits per heavy atom. The Balaban J connectivity index is 1.82. The number of amides is 1. The van der Waals surface area contributed by atoms with Gasteiger partial charge < -0.3 is 4.74 Å². The van der Waals surface area contributed by atoms with Gasteiger partial charge in [-0.2, -0.15) is 0 Å². The monoisotopic (exact) mass is 331 g/mol. The van der Waals surface area contributed by atoms with Crippen LogP contribution in [0.1, 0.15) is 0 Å². The fourth-order valence-corrected chi connectivity index (χ4v) is 2.45. The van der Waals surface area contributed by atoms with Crippen molar-refractivity contribution < 1.29 is 9.53 Å². The molecule has 0 atom stereocenters. The van der Waals surface area contributed by atoms with Crippen molar-refractivity contribution in [2.45, 2.75) is 0 Å². The highest BCUT2D eigenvalue weighted by Gasteiger charge is 2.10. The zero-order valence-electron chi connectivity index (χ0n) is 11.3. The first-order valence-corrected chi connectivity index (χ1v) is 7.31. The Hall–Kier alpha value is -2.23. The molecule has 0 aliphatic rings. The van der Waals surface area contributed by atoms with Gasteiger partial charge in [0.05, 0.1) is 0 Å². The Bertz CT molecular complexity index is 832. The third kappa shape index (κ3) is 3.16. The molecule has 1 amide bonds. The van der Waals surface area contributed by atoms with Gasteiger partial charge in [-0.1, -0.05) is 47.5 Å². The number of carbonyl (C=O) groups excluding carboxylic acids is 1. The Morgan fingerprint density at radius 3 is 2.27 bits per heavy atom. The first-order valence-electron chi connectivity index (χ1n) is 6.55. The largest absolute Gasteiger partial charge is 0.417 e. The SMILES string of the molecule is O=C(Nc1ccc(Cl)cc1)Oc1ccc(Cl)c2ccccc12. The van der Waals surface area contributed by atoms with Crippen LogP contribution in [-0.2, 0) is 0 Å². The van der Waals surface area contributed by atoms with Crippen LogP contribution in [-0.4, -0.2) is 6.09 Å². The van der Waals surface area contributed by atoms with E-state index in [0.717, 1.165) is 10.8 Å². The van der Waals surface area contributed by atoms with Crippen molar-refractivity contribution in [2.24, 2.45) is 0 Å². The van der Waals surface area contributed by atoms with Crippen LogP contribution in [0.5, 0.6) is 5.75 Å². The van der Waals surface area contributed by atoms with Crippen molar-refractivity contribution in [3.05, 3.63) is 70.7 Å². The van der Waals surface area contributed by atoms with Crippen LogP contribution in [0.25, 0.3) is 10.8 Å². The van der Waals surface area contributed by atoms with Gasteiger partial charge >= 0.3 is 6.09 Å². The predicted molar refractivity (Wildman–Crippen MR) is 90.1 cm³/mol. The maximum absolute atomic E-state index is 12.0. The van der Waals surface area contributed by atoms with Crippen molar-refractivity contribution in [3.63, 3.8) is 0 Å². The van der Waals surface area contributed by atoms with Crippen LogP contribution in [0.15, 0.2) is 60.7 Å². The molecule has 0 heterocycles. The highest BCUT2D eigenvalue weighted by Crippen LogP contribution is 2.31. The van der Waals surface area contributed by atoms with E-state index < -0.39 is 6.09 Å². The lowest BCUT2D eigenvalue weighted by molar-refractivity contribution is 0.215. The molecule has 0 bridgehead atoms. The van der Waals surface area contributed by atoms with E-state index in [9.17, 15) is 4.79 Å². The van der Waals surface area contributed by atoms with Gasteiger partial charge in [0.1, 0.15) is 5.75 Å². The highest BCUT2D eigenvalue weighted by molar-refractivity contribution is 6.35. The molecular weight excluding hydrogens is 321 g/mol. The lowest BCUT2D eigenvalue weighted by Gasteiger charge is -2.10. The molecule has 0 aliphatic heterocycles. The topological polar surface area (TPSA) is 38.3 Å². The maximum atomic E-state index is 12.0. The van der Waals surface area contributed by atoms with Crippen molar-refractivity contribution >= 4 is 45.8 Å². The zero-order chi connectivity index (χ0) is 15.5. The molecule has 22 heavy (non-hydrogen) atoms. The molecule has 0 fully saturated rings. The molecule has 0 unspecified atom stereocenters. The molecule has 3 aromatic rings. The number of benzene rings is 3. The molecule has 0 radical (unpaired) electrons. The van der Waals surface area contributed by atoms with E-state index >= 15 is 0 Å². The number of fused-ring (bicyclic) bond motifs is 1. The minimum Gasteiger partial charge on any atom is -0.409 e. The summed E-state index contributed by atoms with van der Waals surface area (Å²) in [6.45, 7) is 0. The molecule has 1 N–H and O–H groups in total. The third-order valence-electron chi connectivity index (χ3n) is 3.12. The number of halogens is 2. The van der Waals surface area contributed by atoms with Gasteiger partial charge in [-0.25, -0.2) is 4.79 Å². The van der Waals surface area contributed by atoms with Crippen LogP contribution in [0.2, 0.25) is 10.0 Å². The molecule has 0 aromatic heterocycles. The molecule has 5 heteroatoms. The van der Waals surface area contributed by atoms with Crippen molar-refractivity contribution in [2.75, 3.05) is 5.32 Å². The second-order valence-electron chi connectivity index (χ2n) is 4.61. The van der Waals surface area contributed by atoms with Crippen LogP contribution in [0.3, 0.4) is 0 Å². The first kappa shape index (κ1) is 14.7. The number of ether oxygens (including phenoxy) is 1. The fraction of sp³-hybridized carbons (Fsp3) is 0. The summed E-state index contributed by atoms with van der Waals surface area (Å²) in [7, 11) is 0. The molecule has 3 nitrogen and oxygen atoms in total. The van der Waals surface area contributed by atoms with Crippen LogP contribution < -0.4 is 10.1 Å². The predicted octanol–water partition coefficient (Wildman–Crippen LogP) is 5.76. The number of hydrogen-bond acceptors (Lipinski definition) is 2. The minimum absolute atomic E-state index is 0.450. The molecule has 3 rings (SSSR count). The van der Waals surface area contributed by atoms with Gasteiger partial charge in [0.15, 0.2) is 0 Å². The highest BCUT2D eigenvalue weighted by atomic mass is 35.5. The first-order chi connectivity index (χ1) is 10.6. The summed E-state index contributed by atoms with van der Waals surface area (Å²) in [6, 6.07) is 17.6. The molecule has 110 valence electrons. The van der Waals surface area contributed by atoms with E-state index in [0.29, 0.717) is 21.5 Å². The minimum atomic E-state index is -0.574. The standard InChI is InChI=1S/C17H11Cl2NO2/c18-11-5-7-12(8-6-11)20-17(21)22-16-10-9-15(19)13-3-1-2-4-14(13)16/h1-10H,(H,20,21). The van der Waals surface area contributed by atoms with Gasteiger partial charge in [-0.05, 0) is 36.4 Å². The second-order valence-corrected chi connectivity index (χ2v) is 5.46. The lowest BCUT2D eigenvalue weighted by Crippen LogP contribution is -2.16. The van der Waals surface area contributed by atoms with E-state index in [4.69, 9.17) is 27.9 Å². The smallest absolute Gasteiger partial charge is 0.409 e. The average molecular weight is 332 g/mol. The molecule has 0 saturated carbocycles. The van der Waals surface area contributed by atoms with Gasteiger partial charge in [-0.15, -0.1) is 0 Å². The Kier molecular flexibility index (Phi) is 4.18. The summed E-state index contributed by atoms with van der Waals surface area (Å²) in [6.07, 6.45) is -0.574. The fourth-order valence-electron chi connectivity index (χ4n) is 2.10. The zero-order valence-corrected chi connectivity index (χ0v) is 12.9. The van der Waals surface area contributed by atoms with Gasteiger partial charge in [0.2, 0.25) is 0 Å². The summed E-state index contributed by atoms with van der Waals surface area (Å²) >= 11 is 11.9. The number of anilines is 1. The Morgan fingerprint density at radius 1 is 0.864 bits per heavy atom. The van der Waals surface area contributed by atoms with Crippen molar-refractivity contribution in [3.8, 4) is 5.75 Å². The maximum Gasteiger partial charge on any atom is 0.417 e. The van der Waals surface area contributed by atoms with Crippen LogP contribution in [0, 0.1) is 0 Å². The van der Waals surface area contributed by atoms with Gasteiger partial charge in [0, 0.05) is 26.5 Å². The molecule has 0 aliphatic carbocycles. The van der Waals surface area contributed by atoms with E-state index in [1.165, 1.54) is 0 Å². The van der Waals surface area contributed by atoms with E-state index in [2.05, 4.69) is 5.32 Å². The summed E-state index contributed by atoms with van der Waals surface area (Å²) in [5.74, 6) is 0.450. The van der Waals surface area contributed by atoms with Crippen molar-refractivity contribution in [1.29, 1.82) is 0 Å². The third-order valence-corrected chi connectivity index (χ3v) is 3.71. The summed E-state index contributed by atoms with van der Waals surface area (Å²) in [5, 5.41) is 5.47. The number of carbonyl (C=O) groups is 1. The van der Waals surface area contributed by atoms with Crippen LogP contribution in [0.4, 0.5) is 10.5 Å². The van der Waals surface area contributed by atoms with E-state index in [1.807, 2.05) is 24.3 Å². The van der Waals surface area contributed by atoms with Crippen LogP contribution >= 0.6 is 23.2 Å². The normalized spacial score (nSPS) is 10.5. The summed E-state index contributed by atoms with van der Waals surface area (Å²) < 4.78 is 5.38. The molecule has 0 spiro atoms. The Labute approximate surface area is 137 Å². The van der Waals surface area contributed by atoms with E-state index in [1.54, 1.807) is 36.4 Å². The van der Waals surface area contributed by atoms with Crippen molar-refractivity contribution in [1.82, 2.24) is 0 Å². The van der Waals surface area contributed by atoms with Gasteiger partial charge in [0.25, 0.3) is 0 Å². The average Bonchev–Trinajstić information content (AvgIpc) is 2.53. The number of nitrogens with one attached hydrogen (secondary N) is 1. The quantitative estimate of drug-likeness (QED) is 0.648. The molecule has 0 saturated heterocycles. The lowest BCUT2D eigenvalue weighted by atomic mass is 10.1.